The molecule has 686 valence electrons. The second kappa shape index (κ2) is 62.5. The molecule has 2 atom stereocenters. The van der Waals surface area contributed by atoms with Crippen LogP contribution in [0.5, 0.6) is 0 Å². The number of nitrogens with one attached hydrogen (secondary N) is 4. The smallest absolute Gasteiger partial charge is 0.309 e. The van der Waals surface area contributed by atoms with Crippen LogP contribution in [-0.4, -0.2) is 94.9 Å². The molecule has 136 heavy (non-hydrogen) atoms. The Morgan fingerprint density at radius 2 is 0.926 bits per heavy atom. The van der Waals surface area contributed by atoms with Gasteiger partial charge < -0.3 is 29.8 Å². The minimum atomic E-state index is -0.211. The van der Waals surface area contributed by atoms with Gasteiger partial charge in [0.2, 0.25) is 0 Å². The van der Waals surface area contributed by atoms with Gasteiger partial charge in [-0.3, -0.25) is 29.4 Å². The molecule has 4 aliphatic rings. The van der Waals surface area contributed by atoms with Crippen molar-refractivity contribution < 1.29 is 13.9 Å². The maximum absolute atomic E-state index is 11.1. The first-order valence-electron chi connectivity index (χ1n) is 46.3. The summed E-state index contributed by atoms with van der Waals surface area (Å²) in [6.07, 6.45) is 35.8. The van der Waals surface area contributed by atoms with E-state index < -0.39 is 0 Å². The number of rotatable bonds is 5. The van der Waals surface area contributed by atoms with Crippen LogP contribution in [0.4, 0.5) is 5.69 Å². The topological polar surface area (TPSA) is 203 Å². The summed E-state index contributed by atoms with van der Waals surface area (Å²) in [5, 5.41) is 21.0. The average Bonchev–Trinajstić information content (AvgIpc) is 1.41. The van der Waals surface area contributed by atoms with Crippen LogP contribution in [0.15, 0.2) is 496 Å². The first-order valence-corrected chi connectivity index (χ1v) is 47.1. The standard InChI is InChI=1S/C15H14O2.C12H10.C10H8.C9H9N3.C9H17N.C9H7N.2C8H7N.C8H6O.C7H5NS.C6H6.C5H11N.2C5H5N.C3H4N2/c1-17-15(16)11-12-7-9-14(10-8-12)13-5-3-2-4-6-13;1-3-7-11(8-4-1)12-9-5-2-6-10-12;1-2-6-10-8-4-3-7-9(10)5-1;1-12-7-9(10-11-12)8-5-3-2-4-6-8;2*1-2-6-9-8(4-1)5-3-7-10-9;3*1-2-4-8-7(3-1)5-6-9-8;1-2-4-7-6(3-1)8-5-9-7;4*1-2-4-6-5-3-1;1-2-5-3-4-1/h2-10H,11H2,1H3;1-10H;1-8H;2-7H,1H3;8-10H,1-7H2;1-7H;1-4,6H,5H2;1-6,9H;1-6H;1-5H;1-6H;6H,1-5H2;2*1-5H;1-3H,(H,4,5). The minimum Gasteiger partial charge on any atom is -0.469 e. The van der Waals surface area contributed by atoms with Crippen LogP contribution in [0, 0.1) is 5.92 Å². The van der Waals surface area contributed by atoms with Gasteiger partial charge in [0, 0.05) is 97.2 Å². The number of methoxy groups -OCH3 is 1. The number of para-hydroxylation sites is 5. The van der Waals surface area contributed by atoms with E-state index in [1.807, 2.05) is 298 Å². The summed E-state index contributed by atoms with van der Waals surface area (Å²) in [6.45, 7) is 3.78. The molecule has 1 saturated carbocycles. The van der Waals surface area contributed by atoms with E-state index in [4.69, 9.17) is 4.42 Å². The van der Waals surface area contributed by atoms with Gasteiger partial charge in [-0.05, 0) is 192 Å². The van der Waals surface area contributed by atoms with E-state index in [9.17, 15) is 4.79 Å². The quantitative estimate of drug-likeness (QED) is 0.119. The number of imidazole rings is 1. The molecule has 1 aliphatic carbocycles. The largest absolute Gasteiger partial charge is 0.469 e. The van der Waals surface area contributed by atoms with Crippen LogP contribution in [-0.2, 0) is 29.4 Å². The molecule has 2 saturated heterocycles. The summed E-state index contributed by atoms with van der Waals surface area (Å²) in [4.78, 5) is 40.7. The molecule has 16 nitrogen and oxygen atoms in total. The van der Waals surface area contributed by atoms with Gasteiger partial charge in [-0.25, -0.2) is 9.97 Å². The van der Waals surface area contributed by atoms with Crippen LogP contribution in [0.1, 0.15) is 68.9 Å². The molecular weight excluding hydrogens is 1690 g/mol. The molecule has 13 aromatic carbocycles. The number of hydrogen-bond donors (Lipinski definition) is 4. The highest BCUT2D eigenvalue weighted by molar-refractivity contribution is 7.16. The van der Waals surface area contributed by atoms with Gasteiger partial charge in [0.15, 0.2) is 0 Å². The van der Waals surface area contributed by atoms with E-state index in [1.165, 1.54) is 139 Å². The van der Waals surface area contributed by atoms with Crippen molar-refractivity contribution in [1.82, 2.24) is 60.5 Å². The molecule has 17 heteroatoms. The van der Waals surface area contributed by atoms with Gasteiger partial charge in [0.1, 0.15) is 11.3 Å². The number of pyridine rings is 3. The number of benzene rings is 13. The third-order valence-corrected chi connectivity index (χ3v) is 22.2. The van der Waals surface area contributed by atoms with Crippen molar-refractivity contribution in [3.05, 3.63) is 498 Å². The third kappa shape index (κ3) is 38.9. The summed E-state index contributed by atoms with van der Waals surface area (Å²) < 4.78 is 12.7. The molecule has 3 aliphatic heterocycles. The molecule has 0 radical (unpaired) electrons. The van der Waals surface area contributed by atoms with Crippen molar-refractivity contribution in [3.8, 4) is 33.5 Å². The zero-order valence-electron chi connectivity index (χ0n) is 77.5. The molecule has 2 unspecified atom stereocenters. The van der Waals surface area contributed by atoms with Crippen LogP contribution < -0.4 is 10.6 Å². The summed E-state index contributed by atoms with van der Waals surface area (Å²) in [5.74, 6) is 0.833. The summed E-state index contributed by atoms with van der Waals surface area (Å²) in [7, 11) is 3.26. The number of thiazole rings is 1. The lowest BCUT2D eigenvalue weighted by Gasteiger charge is -2.36. The number of nitrogens with zero attached hydrogens (tertiary/aromatic N) is 9. The Kier molecular flexibility index (Phi) is 46.3. The van der Waals surface area contributed by atoms with E-state index >= 15 is 0 Å². The number of aromatic nitrogens is 10. The van der Waals surface area contributed by atoms with Gasteiger partial charge in [-0.2, -0.15) is 0 Å². The number of aliphatic imine (C=N–C) groups is 1. The molecule has 21 aromatic rings. The van der Waals surface area contributed by atoms with E-state index in [0.29, 0.717) is 6.42 Å². The van der Waals surface area contributed by atoms with E-state index in [-0.39, 0.29) is 5.97 Å². The fourth-order valence-corrected chi connectivity index (χ4v) is 15.1. The Bertz CT molecular complexity index is 5910. The molecule has 0 spiro atoms. The van der Waals surface area contributed by atoms with Crippen LogP contribution in [0.2, 0.25) is 0 Å². The third-order valence-electron chi connectivity index (χ3n) is 21.4. The summed E-state index contributed by atoms with van der Waals surface area (Å²) >= 11 is 1.68. The van der Waals surface area contributed by atoms with Gasteiger partial charge in [-0.1, -0.05) is 358 Å². The van der Waals surface area contributed by atoms with Gasteiger partial charge in [0.05, 0.1) is 59.2 Å². The molecule has 25 rings (SSSR count). The van der Waals surface area contributed by atoms with Crippen LogP contribution in [0.3, 0.4) is 0 Å². The number of ether oxygens (including phenoxy) is 1. The number of piperidine rings is 2. The SMILES string of the molecule is C1=Nc2ccccc2C1.C1CCC2NCCCC2C1.C1CCNCC1.COC(=O)Cc1ccc(-c2ccccc2)cc1.Cn1cc(-c2ccccc2)nn1.c1c[nH]cn1.c1ccc(-c2ccccc2)cc1.c1ccc2[nH]ccc2c1.c1ccc2ccccc2c1.c1ccc2ncccc2c1.c1ccc2occc2c1.c1ccc2scnc2c1.c1ccccc1.c1ccncc1.c1ccncc1. The molecule has 4 N–H and O–H groups in total. The first kappa shape index (κ1) is 101. The van der Waals surface area contributed by atoms with Crippen molar-refractivity contribution in [3.63, 3.8) is 0 Å². The molecular formula is C119H121N13O3S. The number of aromatic amines is 2. The number of fused-ring (bicyclic) bond motifs is 7. The van der Waals surface area contributed by atoms with Gasteiger partial charge in [-0.15, -0.1) is 16.4 Å². The zero-order valence-corrected chi connectivity index (χ0v) is 78.3. The van der Waals surface area contributed by atoms with Crippen LogP contribution in [0.25, 0.3) is 87.3 Å². The highest BCUT2D eigenvalue weighted by atomic mass is 32.1. The van der Waals surface area contributed by atoms with E-state index in [0.717, 1.165) is 68.5 Å². The maximum atomic E-state index is 11.1. The highest BCUT2D eigenvalue weighted by Gasteiger charge is 2.26. The fraction of sp³-hybridized carbons (Fsp3) is 0.151. The lowest BCUT2D eigenvalue weighted by atomic mass is 9.80. The minimum absolute atomic E-state index is 0.211. The predicted molar refractivity (Wildman–Crippen MR) is 567 cm³/mol. The van der Waals surface area contributed by atoms with Crippen molar-refractivity contribution >= 4 is 83.0 Å². The molecule has 0 bridgehead atoms. The lowest BCUT2D eigenvalue weighted by Crippen LogP contribution is -2.42. The zero-order chi connectivity index (χ0) is 94.1. The van der Waals surface area contributed by atoms with Crippen molar-refractivity contribution in [2.45, 2.75) is 76.7 Å². The second-order valence-electron chi connectivity index (χ2n) is 31.2. The fourth-order valence-electron chi connectivity index (χ4n) is 14.4. The molecule has 3 fully saturated rings. The number of furan rings is 1. The molecule has 0 amide bonds. The summed E-state index contributed by atoms with van der Waals surface area (Å²) in [6, 6.07) is 139. The van der Waals surface area contributed by atoms with Gasteiger partial charge in [0.25, 0.3) is 0 Å². The normalized spacial score (nSPS) is 12.8. The number of carbonyl (C=O) groups is 1. The Hall–Kier alpha value is -15.8. The highest BCUT2D eigenvalue weighted by Crippen LogP contribution is 2.31. The summed E-state index contributed by atoms with van der Waals surface area (Å²) in [5.41, 5.74) is 16.5. The maximum Gasteiger partial charge on any atom is 0.309 e. The van der Waals surface area contributed by atoms with E-state index in [2.05, 4.69) is 217 Å². The Balaban J connectivity index is 0.000000141. The predicted octanol–water partition coefficient (Wildman–Crippen LogP) is 28.8. The second-order valence-corrected chi connectivity index (χ2v) is 32.1. The Morgan fingerprint density at radius 3 is 1.43 bits per heavy atom. The van der Waals surface area contributed by atoms with Crippen molar-refractivity contribution in [1.29, 1.82) is 0 Å². The van der Waals surface area contributed by atoms with Crippen LogP contribution >= 0.6 is 11.3 Å². The number of hydrogen-bond acceptors (Lipinski definition) is 14. The molecule has 11 heterocycles. The number of aryl methyl sites for hydroxylation is 1. The lowest BCUT2D eigenvalue weighted by molar-refractivity contribution is -0.139. The Labute approximate surface area is 804 Å². The number of H-pyrrole nitrogens is 2. The first-order chi connectivity index (χ1) is 67.4. The van der Waals surface area contributed by atoms with Gasteiger partial charge >= 0.3 is 5.97 Å². The average molecular weight is 1810 g/mol. The molecule has 8 aromatic heterocycles. The Morgan fingerprint density at radius 1 is 0.419 bits per heavy atom. The van der Waals surface area contributed by atoms with E-state index in [1.54, 1.807) is 65.8 Å². The number of esters is 1. The van der Waals surface area contributed by atoms with Crippen molar-refractivity contribution in [2.75, 3.05) is 26.7 Å². The van der Waals surface area contributed by atoms with Crippen molar-refractivity contribution in [2.24, 2.45) is 18.0 Å². The monoisotopic (exact) mass is 1810 g/mol. The number of carbonyl (C=O) groups excluding carboxylic acids is 1.